The summed E-state index contributed by atoms with van der Waals surface area (Å²) in [5.41, 5.74) is 1.20. The molecule has 2 rings (SSSR count). The SMILES string of the molecule is Cc1ccc(-c2cccnc2)s1. The highest BCUT2D eigenvalue weighted by atomic mass is 32.1. The molecule has 0 unspecified atom stereocenters. The summed E-state index contributed by atoms with van der Waals surface area (Å²) in [5.74, 6) is 0. The zero-order valence-corrected chi connectivity index (χ0v) is 7.64. The highest BCUT2D eigenvalue weighted by molar-refractivity contribution is 7.15. The molecule has 2 aromatic heterocycles. The van der Waals surface area contributed by atoms with Gasteiger partial charge in [0.1, 0.15) is 0 Å². The van der Waals surface area contributed by atoms with Gasteiger partial charge in [-0.25, -0.2) is 0 Å². The maximum absolute atomic E-state index is 4.08. The summed E-state index contributed by atoms with van der Waals surface area (Å²) >= 11 is 1.80. The molecule has 0 spiro atoms. The number of pyridine rings is 1. The Balaban J connectivity index is 2.45. The number of rotatable bonds is 1. The summed E-state index contributed by atoms with van der Waals surface area (Å²) < 4.78 is 0. The Bertz CT molecular complexity index is 364. The quantitative estimate of drug-likeness (QED) is 0.649. The molecule has 0 saturated heterocycles. The lowest BCUT2D eigenvalue weighted by Crippen LogP contribution is -1.72. The van der Waals surface area contributed by atoms with Crippen LogP contribution in [0.4, 0.5) is 0 Å². The fourth-order valence-corrected chi connectivity index (χ4v) is 1.96. The van der Waals surface area contributed by atoms with E-state index in [9.17, 15) is 0 Å². The van der Waals surface area contributed by atoms with Crippen molar-refractivity contribution in [3.8, 4) is 10.4 Å². The van der Waals surface area contributed by atoms with Crippen LogP contribution in [0.15, 0.2) is 36.7 Å². The second kappa shape index (κ2) is 3.07. The maximum Gasteiger partial charge on any atom is 0.0361 e. The van der Waals surface area contributed by atoms with Crippen molar-refractivity contribution in [2.45, 2.75) is 6.92 Å². The van der Waals surface area contributed by atoms with Gasteiger partial charge in [0.05, 0.1) is 0 Å². The van der Waals surface area contributed by atoms with Gasteiger partial charge in [0.15, 0.2) is 0 Å². The third kappa shape index (κ3) is 1.38. The van der Waals surface area contributed by atoms with Crippen LogP contribution < -0.4 is 0 Å². The standard InChI is InChI=1S/C10H9NS/c1-8-4-5-10(12-8)9-3-2-6-11-7-9/h2-7H,1H3. The topological polar surface area (TPSA) is 12.9 Å². The number of aryl methyl sites for hydroxylation is 1. The van der Waals surface area contributed by atoms with Crippen molar-refractivity contribution in [2.24, 2.45) is 0 Å². The third-order valence-electron chi connectivity index (χ3n) is 1.69. The molecule has 12 heavy (non-hydrogen) atoms. The van der Waals surface area contributed by atoms with E-state index in [1.807, 2.05) is 12.3 Å². The van der Waals surface area contributed by atoms with Crippen molar-refractivity contribution in [2.75, 3.05) is 0 Å². The van der Waals surface area contributed by atoms with E-state index in [2.05, 4.69) is 30.1 Å². The first-order chi connectivity index (χ1) is 5.86. The molecule has 2 heterocycles. The molecule has 1 nitrogen and oxygen atoms in total. The second-order valence-electron chi connectivity index (χ2n) is 2.65. The molecule has 0 aliphatic carbocycles. The number of hydrogen-bond donors (Lipinski definition) is 0. The van der Waals surface area contributed by atoms with Gasteiger partial charge in [-0.3, -0.25) is 4.98 Å². The minimum atomic E-state index is 1.20. The Morgan fingerprint density at radius 1 is 1.25 bits per heavy atom. The minimum absolute atomic E-state index is 1.20. The van der Waals surface area contributed by atoms with Crippen LogP contribution in [0.1, 0.15) is 4.88 Å². The van der Waals surface area contributed by atoms with Crippen molar-refractivity contribution in [3.63, 3.8) is 0 Å². The normalized spacial score (nSPS) is 10.1. The molecule has 0 N–H and O–H groups in total. The monoisotopic (exact) mass is 175 g/mol. The smallest absolute Gasteiger partial charge is 0.0361 e. The summed E-state index contributed by atoms with van der Waals surface area (Å²) in [6.07, 6.45) is 3.69. The van der Waals surface area contributed by atoms with E-state index in [-0.39, 0.29) is 0 Å². The lowest BCUT2D eigenvalue weighted by Gasteiger charge is -1.92. The largest absolute Gasteiger partial charge is 0.264 e. The fourth-order valence-electron chi connectivity index (χ4n) is 1.10. The maximum atomic E-state index is 4.08. The number of aromatic nitrogens is 1. The summed E-state index contributed by atoms with van der Waals surface area (Å²) in [5, 5.41) is 0. The predicted octanol–water partition coefficient (Wildman–Crippen LogP) is 3.12. The molecule has 0 saturated carbocycles. The van der Waals surface area contributed by atoms with Crippen LogP contribution in [-0.4, -0.2) is 4.98 Å². The highest BCUT2D eigenvalue weighted by Crippen LogP contribution is 2.26. The molecule has 2 heteroatoms. The lowest BCUT2D eigenvalue weighted by molar-refractivity contribution is 1.33. The average molecular weight is 175 g/mol. The minimum Gasteiger partial charge on any atom is -0.264 e. The Morgan fingerprint density at radius 3 is 2.75 bits per heavy atom. The van der Waals surface area contributed by atoms with Crippen LogP contribution in [0, 0.1) is 6.92 Å². The Kier molecular flexibility index (Phi) is 1.92. The highest BCUT2D eigenvalue weighted by Gasteiger charge is 1.98. The van der Waals surface area contributed by atoms with Gasteiger partial charge in [0, 0.05) is 27.7 Å². The molecular formula is C10H9NS. The van der Waals surface area contributed by atoms with Crippen molar-refractivity contribution in [3.05, 3.63) is 41.5 Å². The first-order valence-corrected chi connectivity index (χ1v) is 4.65. The molecule has 0 fully saturated rings. The van der Waals surface area contributed by atoms with Gasteiger partial charge in [-0.15, -0.1) is 11.3 Å². The van der Waals surface area contributed by atoms with Crippen molar-refractivity contribution >= 4 is 11.3 Å². The average Bonchev–Trinajstić information content (AvgIpc) is 2.54. The zero-order valence-electron chi connectivity index (χ0n) is 6.82. The predicted molar refractivity (Wildman–Crippen MR) is 52.3 cm³/mol. The van der Waals surface area contributed by atoms with Gasteiger partial charge in [0.25, 0.3) is 0 Å². The van der Waals surface area contributed by atoms with Gasteiger partial charge in [0.2, 0.25) is 0 Å². The van der Waals surface area contributed by atoms with E-state index >= 15 is 0 Å². The first-order valence-electron chi connectivity index (χ1n) is 3.83. The number of thiophene rings is 1. The Morgan fingerprint density at radius 2 is 2.17 bits per heavy atom. The van der Waals surface area contributed by atoms with Crippen molar-refractivity contribution in [1.29, 1.82) is 0 Å². The van der Waals surface area contributed by atoms with E-state index in [0.717, 1.165) is 0 Å². The molecule has 0 aliphatic heterocycles. The van der Waals surface area contributed by atoms with Crippen LogP contribution in [0.3, 0.4) is 0 Å². The molecule has 0 aromatic carbocycles. The van der Waals surface area contributed by atoms with Gasteiger partial charge in [-0.05, 0) is 25.1 Å². The summed E-state index contributed by atoms with van der Waals surface area (Å²) in [6, 6.07) is 8.31. The second-order valence-corrected chi connectivity index (χ2v) is 3.94. The molecule has 0 radical (unpaired) electrons. The molecule has 0 bridgehead atoms. The van der Waals surface area contributed by atoms with Crippen LogP contribution in [0.5, 0.6) is 0 Å². The Hall–Kier alpha value is -1.15. The molecule has 2 aromatic rings. The van der Waals surface area contributed by atoms with E-state index in [0.29, 0.717) is 0 Å². The number of hydrogen-bond acceptors (Lipinski definition) is 2. The van der Waals surface area contributed by atoms with Crippen molar-refractivity contribution in [1.82, 2.24) is 4.98 Å². The van der Waals surface area contributed by atoms with Crippen LogP contribution in [0.2, 0.25) is 0 Å². The molecule has 60 valence electrons. The molecule has 0 amide bonds. The third-order valence-corrected chi connectivity index (χ3v) is 2.74. The first kappa shape index (κ1) is 7.50. The van der Waals surface area contributed by atoms with Gasteiger partial charge < -0.3 is 0 Å². The van der Waals surface area contributed by atoms with Crippen molar-refractivity contribution < 1.29 is 0 Å². The van der Waals surface area contributed by atoms with Crippen LogP contribution in [-0.2, 0) is 0 Å². The van der Waals surface area contributed by atoms with Gasteiger partial charge in [-0.2, -0.15) is 0 Å². The number of nitrogens with zero attached hydrogens (tertiary/aromatic N) is 1. The molecule has 0 atom stereocenters. The van der Waals surface area contributed by atoms with Crippen LogP contribution >= 0.6 is 11.3 Å². The van der Waals surface area contributed by atoms with Gasteiger partial charge >= 0.3 is 0 Å². The van der Waals surface area contributed by atoms with Crippen LogP contribution in [0.25, 0.3) is 10.4 Å². The summed E-state index contributed by atoms with van der Waals surface area (Å²) in [4.78, 5) is 6.71. The zero-order chi connectivity index (χ0) is 8.39. The van der Waals surface area contributed by atoms with E-state index in [4.69, 9.17) is 0 Å². The summed E-state index contributed by atoms with van der Waals surface area (Å²) in [7, 11) is 0. The van der Waals surface area contributed by atoms with E-state index < -0.39 is 0 Å². The Labute approximate surface area is 75.7 Å². The summed E-state index contributed by atoms with van der Waals surface area (Å²) in [6.45, 7) is 2.12. The van der Waals surface area contributed by atoms with Gasteiger partial charge in [-0.1, -0.05) is 6.07 Å². The fraction of sp³-hybridized carbons (Fsp3) is 0.100. The van der Waals surface area contributed by atoms with E-state index in [1.165, 1.54) is 15.3 Å². The molecule has 0 aliphatic rings. The van der Waals surface area contributed by atoms with E-state index in [1.54, 1.807) is 17.5 Å². The lowest BCUT2D eigenvalue weighted by atomic mass is 10.2. The molecular weight excluding hydrogens is 166 g/mol.